The van der Waals surface area contributed by atoms with Crippen molar-refractivity contribution in [2.75, 3.05) is 7.11 Å². The van der Waals surface area contributed by atoms with E-state index in [9.17, 15) is 0 Å². The Bertz CT molecular complexity index is 312. The molecule has 0 spiro atoms. The minimum Gasteiger partial charge on any atom is -0.487 e. The average Bonchev–Trinajstić information content (AvgIpc) is 2.92. The maximum absolute atomic E-state index is 5.94. The molecule has 0 aromatic carbocycles. The van der Waals surface area contributed by atoms with Crippen LogP contribution < -0.4 is 9.47 Å². The van der Waals surface area contributed by atoms with Gasteiger partial charge in [-0.05, 0) is 12.8 Å². The van der Waals surface area contributed by atoms with Gasteiger partial charge in [-0.1, -0.05) is 11.6 Å². The number of halogens is 1. The molecule has 0 N–H and O–H groups in total. The van der Waals surface area contributed by atoms with Gasteiger partial charge in [0.2, 0.25) is 5.88 Å². The van der Waals surface area contributed by atoms with Crippen LogP contribution in [0, 0.1) is 0 Å². The number of ether oxygens (including phenoxy) is 2. The summed E-state index contributed by atoms with van der Waals surface area (Å²) in [6, 6.07) is 1.65. The van der Waals surface area contributed by atoms with Gasteiger partial charge in [-0.2, -0.15) is 0 Å². The normalized spacial score (nSPS) is 15.5. The van der Waals surface area contributed by atoms with Crippen LogP contribution in [0.3, 0.4) is 0 Å². The minimum atomic E-state index is 0.340. The summed E-state index contributed by atoms with van der Waals surface area (Å²) in [6.45, 7) is 0. The molecule has 0 bridgehead atoms. The van der Waals surface area contributed by atoms with Gasteiger partial charge in [-0.15, -0.1) is 0 Å². The summed E-state index contributed by atoms with van der Waals surface area (Å²) in [4.78, 5) is 4.01. The van der Waals surface area contributed by atoms with Crippen LogP contribution in [0.5, 0.6) is 11.6 Å². The maximum atomic E-state index is 5.94. The maximum Gasteiger partial charge on any atom is 0.214 e. The van der Waals surface area contributed by atoms with Crippen molar-refractivity contribution in [1.29, 1.82) is 0 Å². The van der Waals surface area contributed by atoms with Crippen LogP contribution in [0.15, 0.2) is 12.3 Å². The molecule has 0 atom stereocenters. The molecule has 0 saturated heterocycles. The van der Waals surface area contributed by atoms with E-state index >= 15 is 0 Å². The van der Waals surface area contributed by atoms with E-state index in [2.05, 4.69) is 4.98 Å². The Morgan fingerprint density at radius 3 is 2.85 bits per heavy atom. The Labute approximate surface area is 81.6 Å². The monoisotopic (exact) mass is 199 g/mol. The fraction of sp³-hybridized carbons (Fsp3) is 0.444. The SMILES string of the molecule is COc1cc(Cl)c(OC2CC2)cn1. The Hall–Kier alpha value is -0.960. The van der Waals surface area contributed by atoms with Gasteiger partial charge in [0.15, 0.2) is 5.75 Å². The first kappa shape index (κ1) is 8.63. The first-order chi connectivity index (χ1) is 6.29. The highest BCUT2D eigenvalue weighted by atomic mass is 35.5. The second-order valence-electron chi connectivity index (χ2n) is 2.97. The zero-order valence-electron chi connectivity index (χ0n) is 7.29. The molecule has 1 fully saturated rings. The van der Waals surface area contributed by atoms with Crippen molar-refractivity contribution in [2.24, 2.45) is 0 Å². The number of hydrogen-bond donors (Lipinski definition) is 0. The van der Waals surface area contributed by atoms with Gasteiger partial charge < -0.3 is 9.47 Å². The van der Waals surface area contributed by atoms with Gasteiger partial charge in [-0.3, -0.25) is 0 Å². The predicted molar refractivity (Wildman–Crippen MR) is 49.4 cm³/mol. The van der Waals surface area contributed by atoms with Crippen molar-refractivity contribution >= 4 is 11.6 Å². The smallest absolute Gasteiger partial charge is 0.214 e. The molecule has 3 nitrogen and oxygen atoms in total. The van der Waals surface area contributed by atoms with Crippen LogP contribution in [0.2, 0.25) is 5.02 Å². The van der Waals surface area contributed by atoms with Crippen molar-refractivity contribution in [3.63, 3.8) is 0 Å². The lowest BCUT2D eigenvalue weighted by atomic mass is 10.4. The van der Waals surface area contributed by atoms with E-state index in [-0.39, 0.29) is 0 Å². The summed E-state index contributed by atoms with van der Waals surface area (Å²) in [6.07, 6.45) is 4.16. The lowest BCUT2D eigenvalue weighted by Gasteiger charge is -2.06. The molecular weight excluding hydrogens is 190 g/mol. The number of hydrogen-bond acceptors (Lipinski definition) is 3. The average molecular weight is 200 g/mol. The highest BCUT2D eigenvalue weighted by molar-refractivity contribution is 6.32. The van der Waals surface area contributed by atoms with Crippen LogP contribution in [0.1, 0.15) is 12.8 Å². The quantitative estimate of drug-likeness (QED) is 0.749. The van der Waals surface area contributed by atoms with Crippen LogP contribution in [-0.2, 0) is 0 Å². The molecule has 1 saturated carbocycles. The zero-order chi connectivity index (χ0) is 9.26. The summed E-state index contributed by atoms with van der Waals surface area (Å²) in [5.74, 6) is 1.15. The third kappa shape index (κ3) is 2.04. The molecule has 1 aliphatic carbocycles. The molecule has 13 heavy (non-hydrogen) atoms. The van der Waals surface area contributed by atoms with Gasteiger partial charge in [-0.25, -0.2) is 4.98 Å². The van der Waals surface area contributed by atoms with E-state index < -0.39 is 0 Å². The number of pyridine rings is 1. The summed E-state index contributed by atoms with van der Waals surface area (Å²) >= 11 is 5.94. The van der Waals surface area contributed by atoms with E-state index in [1.165, 1.54) is 0 Å². The van der Waals surface area contributed by atoms with Gasteiger partial charge in [0, 0.05) is 6.07 Å². The molecule has 1 aromatic heterocycles. The predicted octanol–water partition coefficient (Wildman–Crippen LogP) is 2.28. The molecule has 2 rings (SSSR count). The standard InChI is InChI=1S/C9H10ClNO2/c1-12-9-4-7(10)8(5-11-9)13-6-2-3-6/h4-6H,2-3H2,1H3. The van der Waals surface area contributed by atoms with Gasteiger partial charge in [0.25, 0.3) is 0 Å². The van der Waals surface area contributed by atoms with Crippen LogP contribution in [0.25, 0.3) is 0 Å². The second kappa shape index (κ2) is 3.42. The van der Waals surface area contributed by atoms with Crippen LogP contribution in [-0.4, -0.2) is 18.2 Å². The fourth-order valence-electron chi connectivity index (χ4n) is 0.965. The Kier molecular flexibility index (Phi) is 2.27. The van der Waals surface area contributed by atoms with Crippen molar-refractivity contribution in [1.82, 2.24) is 4.98 Å². The molecule has 0 amide bonds. The molecule has 70 valence electrons. The molecular formula is C9H10ClNO2. The first-order valence-electron chi connectivity index (χ1n) is 4.16. The van der Waals surface area contributed by atoms with Crippen molar-refractivity contribution in [3.8, 4) is 11.6 Å². The summed E-state index contributed by atoms with van der Waals surface area (Å²) in [7, 11) is 1.56. The number of nitrogens with zero attached hydrogens (tertiary/aromatic N) is 1. The largest absolute Gasteiger partial charge is 0.487 e. The Balaban J connectivity index is 2.15. The van der Waals surface area contributed by atoms with Crippen molar-refractivity contribution in [2.45, 2.75) is 18.9 Å². The minimum absolute atomic E-state index is 0.340. The van der Waals surface area contributed by atoms with E-state index in [0.717, 1.165) is 12.8 Å². The molecule has 0 radical (unpaired) electrons. The molecule has 0 unspecified atom stereocenters. The Morgan fingerprint density at radius 2 is 2.31 bits per heavy atom. The summed E-state index contributed by atoms with van der Waals surface area (Å²) < 4.78 is 10.4. The summed E-state index contributed by atoms with van der Waals surface area (Å²) in [5.41, 5.74) is 0. The highest BCUT2D eigenvalue weighted by Gasteiger charge is 2.24. The lowest BCUT2D eigenvalue weighted by Crippen LogP contribution is -1.97. The molecule has 4 heteroatoms. The van der Waals surface area contributed by atoms with Gasteiger partial charge >= 0.3 is 0 Å². The molecule has 0 aliphatic heterocycles. The molecule has 1 heterocycles. The lowest BCUT2D eigenvalue weighted by molar-refractivity contribution is 0.300. The topological polar surface area (TPSA) is 31.4 Å². The molecule has 1 aliphatic rings. The highest BCUT2D eigenvalue weighted by Crippen LogP contribution is 2.32. The van der Waals surface area contributed by atoms with E-state index in [1.54, 1.807) is 19.4 Å². The third-order valence-electron chi connectivity index (χ3n) is 1.82. The van der Waals surface area contributed by atoms with Gasteiger partial charge in [0.05, 0.1) is 24.4 Å². The fourth-order valence-corrected chi connectivity index (χ4v) is 1.15. The van der Waals surface area contributed by atoms with Gasteiger partial charge in [0.1, 0.15) is 0 Å². The van der Waals surface area contributed by atoms with Crippen molar-refractivity contribution < 1.29 is 9.47 Å². The van der Waals surface area contributed by atoms with E-state index in [1.807, 2.05) is 0 Å². The van der Waals surface area contributed by atoms with Crippen LogP contribution in [0.4, 0.5) is 0 Å². The van der Waals surface area contributed by atoms with Crippen molar-refractivity contribution in [3.05, 3.63) is 17.3 Å². The summed E-state index contributed by atoms with van der Waals surface area (Å²) in [5, 5.41) is 0.554. The Morgan fingerprint density at radius 1 is 1.54 bits per heavy atom. The van der Waals surface area contributed by atoms with E-state index in [0.29, 0.717) is 22.8 Å². The second-order valence-corrected chi connectivity index (χ2v) is 3.38. The molecule has 1 aromatic rings. The van der Waals surface area contributed by atoms with Crippen LogP contribution >= 0.6 is 11.6 Å². The van der Waals surface area contributed by atoms with E-state index in [4.69, 9.17) is 21.1 Å². The number of rotatable bonds is 3. The number of methoxy groups -OCH3 is 1. The number of aromatic nitrogens is 1. The zero-order valence-corrected chi connectivity index (χ0v) is 8.04. The third-order valence-corrected chi connectivity index (χ3v) is 2.12. The first-order valence-corrected chi connectivity index (χ1v) is 4.53.